The largest absolute Gasteiger partial charge is 0.377 e. The lowest BCUT2D eigenvalue weighted by Crippen LogP contribution is -2.39. The van der Waals surface area contributed by atoms with Crippen molar-refractivity contribution in [2.75, 3.05) is 13.7 Å². The molecule has 0 spiro atoms. The van der Waals surface area contributed by atoms with E-state index in [2.05, 4.69) is 36.5 Å². The highest BCUT2D eigenvalue weighted by Gasteiger charge is 2.24. The first-order valence-corrected chi connectivity index (χ1v) is 6.14. The van der Waals surface area contributed by atoms with Crippen LogP contribution in [0, 0.1) is 6.92 Å². The molecule has 0 bridgehead atoms. The maximum absolute atomic E-state index is 5.74. The van der Waals surface area contributed by atoms with Crippen LogP contribution in [0.3, 0.4) is 0 Å². The molecule has 0 radical (unpaired) electrons. The van der Waals surface area contributed by atoms with Gasteiger partial charge in [0.05, 0.1) is 6.10 Å². The van der Waals surface area contributed by atoms with Crippen LogP contribution in [0.2, 0.25) is 0 Å². The molecule has 0 amide bonds. The molecule has 1 aromatic carbocycles. The van der Waals surface area contributed by atoms with E-state index in [1.165, 1.54) is 24.0 Å². The van der Waals surface area contributed by atoms with Crippen LogP contribution in [0.4, 0.5) is 0 Å². The number of likely N-dealkylation sites (N-methyl/N-ethyl adjacent to an activating group) is 1. The number of benzene rings is 1. The summed E-state index contributed by atoms with van der Waals surface area (Å²) in [7, 11) is 2.03. The van der Waals surface area contributed by atoms with Crippen LogP contribution in [-0.2, 0) is 11.2 Å². The molecule has 1 aliphatic rings. The molecule has 0 saturated carbocycles. The minimum atomic E-state index is 0.395. The molecule has 1 aliphatic heterocycles. The maximum atomic E-state index is 5.74. The summed E-state index contributed by atoms with van der Waals surface area (Å²) in [6, 6.07) is 9.24. The average molecular weight is 219 g/mol. The predicted molar refractivity (Wildman–Crippen MR) is 66.7 cm³/mol. The molecule has 2 nitrogen and oxygen atoms in total. The quantitative estimate of drug-likeness (QED) is 0.839. The van der Waals surface area contributed by atoms with Gasteiger partial charge in [-0.15, -0.1) is 0 Å². The number of hydrogen-bond acceptors (Lipinski definition) is 2. The monoisotopic (exact) mass is 219 g/mol. The van der Waals surface area contributed by atoms with Crippen LogP contribution >= 0.6 is 0 Å². The molecule has 2 heteroatoms. The fourth-order valence-electron chi connectivity index (χ4n) is 2.32. The fourth-order valence-corrected chi connectivity index (χ4v) is 2.32. The number of rotatable bonds is 4. The van der Waals surface area contributed by atoms with Gasteiger partial charge in [0.1, 0.15) is 0 Å². The maximum Gasteiger partial charge on any atom is 0.0732 e. The first-order valence-electron chi connectivity index (χ1n) is 6.14. The molecule has 0 unspecified atom stereocenters. The first-order chi connectivity index (χ1) is 7.79. The lowest BCUT2D eigenvalue weighted by atomic mass is 9.99. The summed E-state index contributed by atoms with van der Waals surface area (Å²) in [5, 5.41) is 3.38. The summed E-state index contributed by atoms with van der Waals surface area (Å²) >= 11 is 0. The SMILES string of the molecule is CN[C@H](Cc1ccc(C)cc1)[C@@H]1CCCO1. The Labute approximate surface area is 98.0 Å². The van der Waals surface area contributed by atoms with Gasteiger partial charge in [-0.2, -0.15) is 0 Å². The average Bonchev–Trinajstić information content (AvgIpc) is 2.82. The van der Waals surface area contributed by atoms with E-state index in [-0.39, 0.29) is 0 Å². The lowest BCUT2D eigenvalue weighted by molar-refractivity contribution is 0.0808. The summed E-state index contributed by atoms with van der Waals surface area (Å²) in [5.41, 5.74) is 2.71. The highest BCUT2D eigenvalue weighted by Crippen LogP contribution is 2.18. The molecule has 1 heterocycles. The minimum Gasteiger partial charge on any atom is -0.377 e. The van der Waals surface area contributed by atoms with Crippen LogP contribution < -0.4 is 5.32 Å². The predicted octanol–water partition coefficient (Wildman–Crippen LogP) is 2.30. The van der Waals surface area contributed by atoms with E-state index in [0.29, 0.717) is 12.1 Å². The zero-order valence-corrected chi connectivity index (χ0v) is 10.2. The normalized spacial score (nSPS) is 22.2. The Kier molecular flexibility index (Phi) is 3.97. The van der Waals surface area contributed by atoms with E-state index in [1.807, 2.05) is 7.05 Å². The van der Waals surface area contributed by atoms with E-state index in [1.54, 1.807) is 0 Å². The fraction of sp³-hybridized carbons (Fsp3) is 0.571. The van der Waals surface area contributed by atoms with Crippen LogP contribution in [0.15, 0.2) is 24.3 Å². The van der Waals surface area contributed by atoms with Crippen molar-refractivity contribution in [1.82, 2.24) is 5.32 Å². The third-order valence-electron chi connectivity index (χ3n) is 3.36. The van der Waals surface area contributed by atoms with Gasteiger partial charge in [-0.3, -0.25) is 0 Å². The smallest absolute Gasteiger partial charge is 0.0732 e. The molecule has 2 rings (SSSR count). The van der Waals surface area contributed by atoms with Crippen molar-refractivity contribution in [3.8, 4) is 0 Å². The highest BCUT2D eigenvalue weighted by atomic mass is 16.5. The second-order valence-corrected chi connectivity index (χ2v) is 4.64. The number of aryl methyl sites for hydroxylation is 1. The van der Waals surface area contributed by atoms with Crippen LogP contribution in [0.5, 0.6) is 0 Å². The Bertz CT molecular complexity index is 314. The molecular weight excluding hydrogens is 198 g/mol. The third kappa shape index (κ3) is 2.83. The highest BCUT2D eigenvalue weighted by molar-refractivity contribution is 5.22. The van der Waals surface area contributed by atoms with Gasteiger partial charge in [-0.25, -0.2) is 0 Å². The second-order valence-electron chi connectivity index (χ2n) is 4.64. The Hall–Kier alpha value is -0.860. The molecule has 1 aromatic rings. The van der Waals surface area contributed by atoms with Crippen LogP contribution in [0.25, 0.3) is 0 Å². The van der Waals surface area contributed by atoms with Crippen molar-refractivity contribution in [3.63, 3.8) is 0 Å². The first kappa shape index (κ1) is 11.6. The van der Waals surface area contributed by atoms with Crippen molar-refractivity contribution >= 4 is 0 Å². The van der Waals surface area contributed by atoms with Crippen molar-refractivity contribution in [2.45, 2.75) is 38.3 Å². The van der Waals surface area contributed by atoms with E-state index in [4.69, 9.17) is 4.74 Å². The van der Waals surface area contributed by atoms with Crippen LogP contribution in [0.1, 0.15) is 24.0 Å². The molecule has 1 saturated heterocycles. The minimum absolute atomic E-state index is 0.395. The summed E-state index contributed by atoms with van der Waals surface area (Å²) in [6.07, 6.45) is 3.85. The van der Waals surface area contributed by atoms with Crippen molar-refractivity contribution in [1.29, 1.82) is 0 Å². The Morgan fingerprint density at radius 2 is 2.12 bits per heavy atom. The van der Waals surface area contributed by atoms with E-state index < -0.39 is 0 Å². The number of nitrogens with one attached hydrogen (secondary N) is 1. The summed E-state index contributed by atoms with van der Waals surface area (Å²) < 4.78 is 5.74. The lowest BCUT2D eigenvalue weighted by Gasteiger charge is -2.22. The number of ether oxygens (including phenoxy) is 1. The molecule has 0 aromatic heterocycles. The Morgan fingerprint density at radius 1 is 1.38 bits per heavy atom. The van der Waals surface area contributed by atoms with E-state index in [9.17, 15) is 0 Å². The zero-order valence-electron chi connectivity index (χ0n) is 10.2. The Balaban J connectivity index is 1.97. The van der Waals surface area contributed by atoms with Crippen LogP contribution in [-0.4, -0.2) is 25.8 Å². The standard InChI is InChI=1S/C14H21NO/c1-11-5-7-12(8-6-11)10-13(15-2)14-4-3-9-16-14/h5-8,13-15H,3-4,9-10H2,1-2H3/t13-,14+/m1/s1. The van der Waals surface area contributed by atoms with Gasteiger partial charge >= 0.3 is 0 Å². The van der Waals surface area contributed by atoms with Gasteiger partial charge in [0.2, 0.25) is 0 Å². The molecule has 1 fully saturated rings. The molecular formula is C14H21NO. The molecule has 2 atom stereocenters. The molecule has 0 aliphatic carbocycles. The summed E-state index contributed by atoms with van der Waals surface area (Å²) in [5.74, 6) is 0. The summed E-state index contributed by atoms with van der Waals surface area (Å²) in [6.45, 7) is 3.05. The van der Waals surface area contributed by atoms with Crippen molar-refractivity contribution < 1.29 is 4.74 Å². The van der Waals surface area contributed by atoms with Gasteiger partial charge in [0.15, 0.2) is 0 Å². The van der Waals surface area contributed by atoms with Gasteiger partial charge in [-0.1, -0.05) is 29.8 Å². The summed E-state index contributed by atoms with van der Waals surface area (Å²) in [4.78, 5) is 0. The van der Waals surface area contributed by atoms with E-state index in [0.717, 1.165) is 13.0 Å². The van der Waals surface area contributed by atoms with E-state index >= 15 is 0 Å². The second kappa shape index (κ2) is 5.46. The third-order valence-corrected chi connectivity index (χ3v) is 3.36. The zero-order chi connectivity index (χ0) is 11.4. The van der Waals surface area contributed by atoms with Gasteiger partial charge in [-0.05, 0) is 38.8 Å². The number of hydrogen-bond donors (Lipinski definition) is 1. The van der Waals surface area contributed by atoms with Crippen molar-refractivity contribution in [3.05, 3.63) is 35.4 Å². The van der Waals surface area contributed by atoms with Crippen molar-refractivity contribution in [2.24, 2.45) is 0 Å². The van der Waals surface area contributed by atoms with Gasteiger partial charge in [0, 0.05) is 12.6 Å². The molecule has 16 heavy (non-hydrogen) atoms. The Morgan fingerprint density at radius 3 is 2.69 bits per heavy atom. The van der Waals surface area contributed by atoms with Gasteiger partial charge in [0.25, 0.3) is 0 Å². The van der Waals surface area contributed by atoms with Gasteiger partial charge < -0.3 is 10.1 Å². The topological polar surface area (TPSA) is 21.3 Å². The molecule has 1 N–H and O–H groups in total. The molecule has 88 valence electrons.